The van der Waals surface area contributed by atoms with Crippen LogP contribution < -0.4 is 0 Å². The third kappa shape index (κ3) is 2.58. The monoisotopic (exact) mass is 260 g/mol. The molecule has 0 spiro atoms. The summed E-state index contributed by atoms with van der Waals surface area (Å²) in [5, 5.41) is 4.27. The fourth-order valence-electron chi connectivity index (χ4n) is 1.31. The lowest BCUT2D eigenvalue weighted by Gasteiger charge is -2.23. The van der Waals surface area contributed by atoms with E-state index in [-0.39, 0.29) is 5.60 Å². The average molecular weight is 261 g/mol. The number of nitrogens with zero attached hydrogens (tertiary/aromatic N) is 2. The second-order valence-corrected chi connectivity index (χ2v) is 4.75. The first-order chi connectivity index (χ1) is 6.50. The number of hydrogen-bond acceptors (Lipinski definition) is 2. The van der Waals surface area contributed by atoms with Gasteiger partial charge in [0.1, 0.15) is 0 Å². The zero-order valence-corrected chi connectivity index (χ0v) is 10.8. The highest BCUT2D eigenvalue weighted by Gasteiger charge is 2.21. The fourth-order valence-corrected chi connectivity index (χ4v) is 1.75. The van der Waals surface area contributed by atoms with Crippen molar-refractivity contribution < 1.29 is 4.74 Å². The maximum atomic E-state index is 5.40. The Bertz CT molecular complexity index is 307. The van der Waals surface area contributed by atoms with Gasteiger partial charge in [-0.3, -0.25) is 4.68 Å². The lowest BCUT2D eigenvalue weighted by molar-refractivity contribution is 0.0214. The molecule has 0 amide bonds. The molecule has 0 aromatic carbocycles. The van der Waals surface area contributed by atoms with Crippen molar-refractivity contribution in [1.29, 1.82) is 0 Å². The number of hydrogen-bond donors (Lipinski definition) is 0. The summed E-state index contributed by atoms with van der Waals surface area (Å²) in [6, 6.07) is 0. The molecule has 0 saturated heterocycles. The Hall–Kier alpha value is -0.350. The quantitative estimate of drug-likeness (QED) is 0.833. The van der Waals surface area contributed by atoms with Crippen molar-refractivity contribution in [2.45, 2.75) is 39.3 Å². The van der Waals surface area contributed by atoms with E-state index in [2.05, 4.69) is 41.8 Å². The van der Waals surface area contributed by atoms with E-state index >= 15 is 0 Å². The summed E-state index contributed by atoms with van der Waals surface area (Å²) in [5.74, 6) is 0. The molecule has 80 valence electrons. The van der Waals surface area contributed by atoms with E-state index in [1.807, 2.05) is 10.9 Å². The van der Waals surface area contributed by atoms with E-state index in [0.29, 0.717) is 0 Å². The van der Waals surface area contributed by atoms with Crippen LogP contribution in [0.3, 0.4) is 0 Å². The van der Waals surface area contributed by atoms with Crippen LogP contribution in [0.25, 0.3) is 0 Å². The second-order valence-electron chi connectivity index (χ2n) is 3.90. The maximum Gasteiger partial charge on any atom is 0.0678 e. The Labute approximate surface area is 93.6 Å². The lowest BCUT2D eigenvalue weighted by atomic mass is 10.0. The molecule has 0 unspecified atom stereocenters. The van der Waals surface area contributed by atoms with Crippen molar-refractivity contribution in [2.24, 2.45) is 0 Å². The lowest BCUT2D eigenvalue weighted by Crippen LogP contribution is -2.27. The van der Waals surface area contributed by atoms with Gasteiger partial charge in [-0.25, -0.2) is 0 Å². The van der Waals surface area contributed by atoms with Crippen LogP contribution in [0.2, 0.25) is 0 Å². The molecule has 1 aromatic rings. The molecule has 0 radical (unpaired) electrons. The highest BCUT2D eigenvalue weighted by Crippen LogP contribution is 2.22. The molecule has 0 bridgehead atoms. The van der Waals surface area contributed by atoms with Gasteiger partial charge in [0.05, 0.1) is 22.0 Å². The summed E-state index contributed by atoms with van der Waals surface area (Å²) >= 11 is 3.50. The molecule has 1 aromatic heterocycles. The van der Waals surface area contributed by atoms with Crippen molar-refractivity contribution >= 4 is 15.9 Å². The molecule has 4 heteroatoms. The zero-order chi connectivity index (χ0) is 10.8. The number of aryl methyl sites for hydroxylation is 1. The van der Waals surface area contributed by atoms with Crippen LogP contribution in [-0.2, 0) is 17.7 Å². The van der Waals surface area contributed by atoms with E-state index < -0.39 is 0 Å². The Balaban J connectivity index is 2.89. The number of halogens is 1. The number of ether oxygens (including phenoxy) is 1. The predicted octanol–water partition coefficient (Wildman–Crippen LogP) is 2.63. The zero-order valence-electron chi connectivity index (χ0n) is 9.17. The molecule has 3 nitrogen and oxygen atoms in total. The van der Waals surface area contributed by atoms with Gasteiger partial charge in [-0.15, -0.1) is 0 Å². The van der Waals surface area contributed by atoms with E-state index in [4.69, 9.17) is 4.74 Å². The molecule has 0 aliphatic carbocycles. The normalized spacial score (nSPS) is 12.1. The molecule has 0 aliphatic rings. The van der Waals surface area contributed by atoms with Crippen molar-refractivity contribution in [3.63, 3.8) is 0 Å². The van der Waals surface area contributed by atoms with E-state index in [1.165, 1.54) is 5.69 Å². The highest BCUT2D eigenvalue weighted by molar-refractivity contribution is 9.10. The van der Waals surface area contributed by atoms with Crippen LogP contribution in [-0.4, -0.2) is 22.5 Å². The number of aromatic nitrogens is 2. The Morgan fingerprint density at radius 3 is 2.71 bits per heavy atom. The van der Waals surface area contributed by atoms with E-state index in [9.17, 15) is 0 Å². The van der Waals surface area contributed by atoms with Crippen LogP contribution in [0.1, 0.15) is 26.5 Å². The number of methoxy groups -OCH3 is 1. The summed E-state index contributed by atoms with van der Waals surface area (Å²) in [6.45, 7) is 7.13. The van der Waals surface area contributed by atoms with Gasteiger partial charge in [0.25, 0.3) is 0 Å². The van der Waals surface area contributed by atoms with Gasteiger partial charge < -0.3 is 4.74 Å². The standard InChI is InChI=1S/C10H17BrN2O/c1-5-13-9(8(11)7-12-13)6-10(2,3)14-4/h7H,5-6H2,1-4H3. The van der Waals surface area contributed by atoms with Crippen molar-refractivity contribution in [3.05, 3.63) is 16.4 Å². The smallest absolute Gasteiger partial charge is 0.0678 e. The second kappa shape index (κ2) is 4.45. The minimum Gasteiger partial charge on any atom is -0.378 e. The van der Waals surface area contributed by atoms with Crippen LogP contribution in [0.4, 0.5) is 0 Å². The van der Waals surface area contributed by atoms with Gasteiger partial charge >= 0.3 is 0 Å². The third-order valence-corrected chi connectivity index (χ3v) is 3.01. The fraction of sp³-hybridized carbons (Fsp3) is 0.700. The van der Waals surface area contributed by atoms with Crippen molar-refractivity contribution in [3.8, 4) is 0 Å². The van der Waals surface area contributed by atoms with Crippen LogP contribution in [0.15, 0.2) is 10.7 Å². The third-order valence-electron chi connectivity index (χ3n) is 2.34. The van der Waals surface area contributed by atoms with E-state index in [0.717, 1.165) is 17.4 Å². The van der Waals surface area contributed by atoms with Gasteiger partial charge in [-0.1, -0.05) is 0 Å². The van der Waals surface area contributed by atoms with Gasteiger partial charge in [0, 0.05) is 20.1 Å². The minimum atomic E-state index is -0.143. The molecule has 0 fully saturated rings. The van der Waals surface area contributed by atoms with Crippen LogP contribution in [0.5, 0.6) is 0 Å². The molecule has 14 heavy (non-hydrogen) atoms. The highest BCUT2D eigenvalue weighted by atomic mass is 79.9. The topological polar surface area (TPSA) is 27.1 Å². The molecule has 0 N–H and O–H groups in total. The summed E-state index contributed by atoms with van der Waals surface area (Å²) in [5.41, 5.74) is 1.05. The van der Waals surface area contributed by atoms with Gasteiger partial charge in [-0.05, 0) is 36.7 Å². The van der Waals surface area contributed by atoms with E-state index in [1.54, 1.807) is 7.11 Å². The Morgan fingerprint density at radius 1 is 1.57 bits per heavy atom. The largest absolute Gasteiger partial charge is 0.378 e. The summed E-state index contributed by atoms with van der Waals surface area (Å²) in [4.78, 5) is 0. The molecule has 1 rings (SSSR count). The van der Waals surface area contributed by atoms with Gasteiger partial charge in [0.2, 0.25) is 0 Å². The summed E-state index contributed by atoms with van der Waals surface area (Å²) in [7, 11) is 1.74. The first-order valence-corrected chi connectivity index (χ1v) is 5.55. The van der Waals surface area contributed by atoms with Crippen molar-refractivity contribution in [2.75, 3.05) is 7.11 Å². The maximum absolute atomic E-state index is 5.40. The molecular weight excluding hydrogens is 244 g/mol. The SMILES string of the molecule is CCn1ncc(Br)c1CC(C)(C)OC. The Kier molecular flexibility index (Phi) is 3.72. The van der Waals surface area contributed by atoms with Crippen LogP contribution in [0, 0.1) is 0 Å². The predicted molar refractivity (Wildman–Crippen MR) is 60.4 cm³/mol. The average Bonchev–Trinajstić information content (AvgIpc) is 2.48. The first kappa shape index (κ1) is 11.7. The summed E-state index contributed by atoms with van der Waals surface area (Å²) < 4.78 is 8.45. The molecule has 0 atom stereocenters. The van der Waals surface area contributed by atoms with Gasteiger partial charge in [-0.2, -0.15) is 5.10 Å². The molecule has 1 heterocycles. The summed E-state index contributed by atoms with van der Waals surface area (Å²) in [6.07, 6.45) is 2.70. The number of rotatable bonds is 4. The minimum absolute atomic E-state index is 0.143. The molecular formula is C10H17BrN2O. The van der Waals surface area contributed by atoms with Crippen molar-refractivity contribution in [1.82, 2.24) is 9.78 Å². The first-order valence-electron chi connectivity index (χ1n) is 4.75. The molecule has 0 aliphatic heterocycles. The van der Waals surface area contributed by atoms with Crippen LogP contribution >= 0.6 is 15.9 Å². The Morgan fingerprint density at radius 2 is 2.21 bits per heavy atom. The van der Waals surface area contributed by atoms with Gasteiger partial charge in [0.15, 0.2) is 0 Å². The molecule has 0 saturated carbocycles.